The molecule has 0 aromatic carbocycles. The Morgan fingerprint density at radius 2 is 1.84 bits per heavy atom. The first-order valence-corrected chi connectivity index (χ1v) is 7.87. The summed E-state index contributed by atoms with van der Waals surface area (Å²) in [4.78, 5) is 8.35. The van der Waals surface area contributed by atoms with Gasteiger partial charge >= 0.3 is 0 Å². The molecule has 1 aromatic heterocycles. The molecule has 1 heterocycles. The molecule has 1 unspecified atom stereocenters. The average Bonchev–Trinajstić information content (AvgIpc) is 2.65. The second-order valence-corrected chi connectivity index (χ2v) is 7.77. The number of hydrogen-bond donors (Lipinski definition) is 1. The molecule has 0 aliphatic carbocycles. The van der Waals surface area contributed by atoms with Gasteiger partial charge in [0.05, 0.1) is 5.69 Å². The molecule has 0 radical (unpaired) electrons. The zero-order chi connectivity index (χ0) is 14.8. The smallest absolute Gasteiger partial charge is 0.185 e. The van der Waals surface area contributed by atoms with Gasteiger partial charge in [-0.3, -0.25) is 0 Å². The molecule has 0 saturated heterocycles. The standard InChI is InChI=1S/C15H29N3S/c1-10(2)12(4)18(8)14-17-11(3)13(19-14)9-16-15(5,6)7/h10,12,16H,9H2,1-8H3. The van der Waals surface area contributed by atoms with Crippen LogP contribution in [-0.4, -0.2) is 23.6 Å². The molecule has 1 N–H and O–H groups in total. The maximum absolute atomic E-state index is 4.72. The highest BCUT2D eigenvalue weighted by atomic mass is 32.1. The Labute approximate surface area is 122 Å². The number of nitrogens with one attached hydrogen (secondary N) is 1. The van der Waals surface area contributed by atoms with Gasteiger partial charge in [0.2, 0.25) is 0 Å². The zero-order valence-electron chi connectivity index (χ0n) is 13.7. The van der Waals surface area contributed by atoms with Gasteiger partial charge in [0.15, 0.2) is 5.13 Å². The van der Waals surface area contributed by atoms with Crippen molar-refractivity contribution in [3.8, 4) is 0 Å². The van der Waals surface area contributed by atoms with Crippen LogP contribution in [0.3, 0.4) is 0 Å². The highest BCUT2D eigenvalue weighted by Gasteiger charge is 2.19. The highest BCUT2D eigenvalue weighted by molar-refractivity contribution is 7.15. The van der Waals surface area contributed by atoms with Crippen LogP contribution in [0.1, 0.15) is 52.1 Å². The van der Waals surface area contributed by atoms with Crippen LogP contribution < -0.4 is 10.2 Å². The van der Waals surface area contributed by atoms with Crippen molar-refractivity contribution in [2.45, 2.75) is 66.6 Å². The van der Waals surface area contributed by atoms with Crippen LogP contribution in [0.15, 0.2) is 0 Å². The summed E-state index contributed by atoms with van der Waals surface area (Å²) in [7, 11) is 2.14. The van der Waals surface area contributed by atoms with Crippen molar-refractivity contribution in [2.75, 3.05) is 11.9 Å². The van der Waals surface area contributed by atoms with Crippen molar-refractivity contribution >= 4 is 16.5 Å². The molecular formula is C15H29N3S. The Balaban J connectivity index is 2.79. The largest absolute Gasteiger partial charge is 0.348 e. The second-order valence-electron chi connectivity index (χ2n) is 6.70. The van der Waals surface area contributed by atoms with Gasteiger partial charge in [0.25, 0.3) is 0 Å². The second kappa shape index (κ2) is 6.23. The molecule has 0 aliphatic rings. The van der Waals surface area contributed by atoms with Crippen LogP contribution in [-0.2, 0) is 6.54 Å². The lowest BCUT2D eigenvalue weighted by Gasteiger charge is -2.27. The average molecular weight is 283 g/mol. The molecule has 0 bridgehead atoms. The van der Waals surface area contributed by atoms with Crippen LogP contribution >= 0.6 is 11.3 Å². The third-order valence-electron chi connectivity index (χ3n) is 3.54. The lowest BCUT2D eigenvalue weighted by molar-refractivity contribution is 0.425. The van der Waals surface area contributed by atoms with Crippen LogP contribution in [0.25, 0.3) is 0 Å². The summed E-state index contributed by atoms with van der Waals surface area (Å²) in [5.41, 5.74) is 1.30. The van der Waals surface area contributed by atoms with Crippen molar-refractivity contribution in [1.29, 1.82) is 0 Å². The summed E-state index contributed by atoms with van der Waals surface area (Å²) in [6.07, 6.45) is 0. The van der Waals surface area contributed by atoms with E-state index in [1.807, 2.05) is 0 Å². The predicted octanol–water partition coefficient (Wildman–Crippen LogP) is 3.82. The van der Waals surface area contributed by atoms with Crippen LogP contribution in [0.4, 0.5) is 5.13 Å². The fraction of sp³-hybridized carbons (Fsp3) is 0.800. The lowest BCUT2D eigenvalue weighted by Crippen LogP contribution is -2.35. The topological polar surface area (TPSA) is 28.2 Å². The minimum Gasteiger partial charge on any atom is -0.348 e. The first kappa shape index (κ1) is 16.4. The molecule has 1 aromatic rings. The number of hydrogen-bond acceptors (Lipinski definition) is 4. The van der Waals surface area contributed by atoms with Crippen molar-refractivity contribution in [3.63, 3.8) is 0 Å². The molecule has 1 rings (SSSR count). The van der Waals surface area contributed by atoms with Gasteiger partial charge in [-0.2, -0.15) is 0 Å². The van der Waals surface area contributed by atoms with E-state index in [2.05, 4.69) is 65.7 Å². The van der Waals surface area contributed by atoms with E-state index >= 15 is 0 Å². The van der Waals surface area contributed by atoms with E-state index in [4.69, 9.17) is 4.98 Å². The molecule has 4 heteroatoms. The third kappa shape index (κ3) is 4.77. The van der Waals surface area contributed by atoms with Gasteiger partial charge in [0, 0.05) is 30.1 Å². The maximum Gasteiger partial charge on any atom is 0.185 e. The van der Waals surface area contributed by atoms with E-state index in [1.165, 1.54) is 4.88 Å². The number of rotatable bonds is 5. The molecule has 1 atom stereocenters. The number of thiazole rings is 1. The first-order chi connectivity index (χ1) is 8.61. The number of aryl methyl sites for hydroxylation is 1. The number of anilines is 1. The summed E-state index contributed by atoms with van der Waals surface area (Å²) >= 11 is 1.81. The van der Waals surface area contributed by atoms with Gasteiger partial charge in [0.1, 0.15) is 0 Å². The monoisotopic (exact) mass is 283 g/mol. The minimum atomic E-state index is 0.147. The number of aromatic nitrogens is 1. The number of nitrogens with zero attached hydrogens (tertiary/aromatic N) is 2. The first-order valence-electron chi connectivity index (χ1n) is 7.06. The van der Waals surface area contributed by atoms with Crippen LogP contribution in [0, 0.1) is 12.8 Å². The van der Waals surface area contributed by atoms with E-state index in [0.717, 1.165) is 17.4 Å². The van der Waals surface area contributed by atoms with E-state index in [0.29, 0.717) is 12.0 Å². The van der Waals surface area contributed by atoms with E-state index < -0.39 is 0 Å². The van der Waals surface area contributed by atoms with E-state index in [9.17, 15) is 0 Å². The van der Waals surface area contributed by atoms with E-state index in [1.54, 1.807) is 11.3 Å². The van der Waals surface area contributed by atoms with Gasteiger partial charge in [-0.25, -0.2) is 4.98 Å². The Morgan fingerprint density at radius 3 is 2.32 bits per heavy atom. The quantitative estimate of drug-likeness (QED) is 0.890. The Bertz CT molecular complexity index is 404. The summed E-state index contributed by atoms with van der Waals surface area (Å²) in [5, 5.41) is 4.66. The predicted molar refractivity (Wildman–Crippen MR) is 86.1 cm³/mol. The highest BCUT2D eigenvalue weighted by Crippen LogP contribution is 2.28. The molecule has 0 amide bonds. The van der Waals surface area contributed by atoms with Gasteiger partial charge in [-0.1, -0.05) is 13.8 Å². The molecule has 0 saturated carbocycles. The normalized spacial score (nSPS) is 13.9. The summed E-state index contributed by atoms with van der Waals surface area (Å²) < 4.78 is 0. The third-order valence-corrected chi connectivity index (χ3v) is 4.79. The van der Waals surface area contributed by atoms with Crippen LogP contribution in [0.2, 0.25) is 0 Å². The Kier molecular flexibility index (Phi) is 5.39. The van der Waals surface area contributed by atoms with Gasteiger partial charge in [-0.05, 0) is 40.5 Å². The van der Waals surface area contributed by atoms with E-state index in [-0.39, 0.29) is 5.54 Å². The molecular weight excluding hydrogens is 254 g/mol. The molecule has 0 aliphatic heterocycles. The Hall–Kier alpha value is -0.610. The maximum atomic E-state index is 4.72. The van der Waals surface area contributed by atoms with Crippen molar-refractivity contribution in [2.24, 2.45) is 5.92 Å². The summed E-state index contributed by atoms with van der Waals surface area (Å²) in [6, 6.07) is 0.508. The van der Waals surface area contributed by atoms with Crippen LogP contribution in [0.5, 0.6) is 0 Å². The fourth-order valence-corrected chi connectivity index (χ4v) is 2.75. The van der Waals surface area contributed by atoms with Crippen molar-refractivity contribution in [1.82, 2.24) is 10.3 Å². The molecule has 0 fully saturated rings. The van der Waals surface area contributed by atoms with Gasteiger partial charge in [-0.15, -0.1) is 11.3 Å². The summed E-state index contributed by atoms with van der Waals surface area (Å²) in [6.45, 7) is 16.3. The summed E-state index contributed by atoms with van der Waals surface area (Å²) in [5.74, 6) is 0.630. The van der Waals surface area contributed by atoms with Crippen molar-refractivity contribution < 1.29 is 0 Å². The van der Waals surface area contributed by atoms with Gasteiger partial charge < -0.3 is 10.2 Å². The van der Waals surface area contributed by atoms with Crippen molar-refractivity contribution in [3.05, 3.63) is 10.6 Å². The zero-order valence-corrected chi connectivity index (χ0v) is 14.5. The molecule has 110 valence electrons. The fourth-order valence-electron chi connectivity index (χ4n) is 1.69. The lowest BCUT2D eigenvalue weighted by atomic mass is 10.1. The molecule has 0 spiro atoms. The molecule has 3 nitrogen and oxygen atoms in total. The Morgan fingerprint density at radius 1 is 1.26 bits per heavy atom. The SMILES string of the molecule is Cc1nc(N(C)C(C)C(C)C)sc1CNC(C)(C)C. The minimum absolute atomic E-state index is 0.147. The molecule has 19 heavy (non-hydrogen) atoms.